The van der Waals surface area contributed by atoms with Gasteiger partial charge in [-0.05, 0) is 12.1 Å². The normalized spacial score (nSPS) is 14.8. The zero-order valence-corrected chi connectivity index (χ0v) is 8.10. The van der Waals surface area contributed by atoms with Crippen LogP contribution in [0.15, 0.2) is 33.7 Å². The molecule has 0 aromatic carbocycles. The van der Waals surface area contributed by atoms with Gasteiger partial charge in [-0.15, -0.1) is 0 Å². The molecule has 14 heavy (non-hydrogen) atoms. The fraction of sp³-hybridized carbons (Fsp3) is 0.222. The Balaban J connectivity index is 2.23. The van der Waals surface area contributed by atoms with Crippen LogP contribution < -0.4 is 10.6 Å². The van der Waals surface area contributed by atoms with Gasteiger partial charge in [0, 0.05) is 13.1 Å². The summed E-state index contributed by atoms with van der Waals surface area (Å²) >= 11 is 5.87. The first-order valence-corrected chi connectivity index (χ1v) is 4.62. The average molecular weight is 213 g/mol. The molecule has 1 aromatic rings. The summed E-state index contributed by atoms with van der Waals surface area (Å²) in [4.78, 5) is 11.6. The van der Waals surface area contributed by atoms with Gasteiger partial charge in [0.1, 0.15) is 10.9 Å². The summed E-state index contributed by atoms with van der Waals surface area (Å²) < 4.78 is 4.95. The Kier molecular flexibility index (Phi) is 2.45. The first kappa shape index (κ1) is 9.15. The van der Waals surface area contributed by atoms with Gasteiger partial charge in [0.25, 0.3) is 0 Å². The number of rotatable bonds is 2. The minimum absolute atomic E-state index is 0.137. The van der Waals surface area contributed by atoms with Crippen molar-refractivity contribution in [2.75, 3.05) is 13.1 Å². The van der Waals surface area contributed by atoms with Crippen molar-refractivity contribution >= 4 is 17.4 Å². The van der Waals surface area contributed by atoms with Crippen molar-refractivity contribution < 1.29 is 9.21 Å². The van der Waals surface area contributed by atoms with E-state index in [4.69, 9.17) is 16.0 Å². The summed E-state index contributed by atoms with van der Waals surface area (Å²) in [7, 11) is 0. The molecule has 5 heteroatoms. The maximum absolute atomic E-state index is 11.6. The zero-order valence-electron chi connectivity index (χ0n) is 7.34. The van der Waals surface area contributed by atoms with Crippen molar-refractivity contribution in [1.82, 2.24) is 10.6 Å². The van der Waals surface area contributed by atoms with Crippen LogP contribution in [0.5, 0.6) is 0 Å². The van der Waals surface area contributed by atoms with E-state index in [9.17, 15) is 4.79 Å². The van der Waals surface area contributed by atoms with Gasteiger partial charge in [0.15, 0.2) is 5.76 Å². The Bertz CT molecular complexity index is 362. The lowest BCUT2D eigenvalue weighted by Crippen LogP contribution is -2.15. The molecule has 1 fully saturated rings. The minimum Gasteiger partial charge on any atom is -0.461 e. The van der Waals surface area contributed by atoms with Gasteiger partial charge in [0.05, 0.1) is 6.26 Å². The maximum Gasteiger partial charge on any atom is 0.243 e. The van der Waals surface area contributed by atoms with Crippen LogP contribution >= 0.6 is 11.6 Å². The van der Waals surface area contributed by atoms with Crippen LogP contribution in [0.2, 0.25) is 0 Å². The summed E-state index contributed by atoms with van der Waals surface area (Å²) in [5.74, 6) is 0.514. The molecule has 4 nitrogen and oxygen atoms in total. The lowest BCUT2D eigenvalue weighted by Gasteiger charge is -2.01. The van der Waals surface area contributed by atoms with Crippen LogP contribution in [0.3, 0.4) is 0 Å². The SMILES string of the molecule is O=C(C(Cl)=C1NCCN1)c1ccco1. The maximum atomic E-state index is 11.6. The largest absolute Gasteiger partial charge is 0.461 e. The highest BCUT2D eigenvalue weighted by Gasteiger charge is 2.19. The fourth-order valence-electron chi connectivity index (χ4n) is 1.22. The van der Waals surface area contributed by atoms with E-state index in [0.717, 1.165) is 13.1 Å². The van der Waals surface area contributed by atoms with Gasteiger partial charge in [0.2, 0.25) is 5.78 Å². The van der Waals surface area contributed by atoms with E-state index in [1.54, 1.807) is 12.1 Å². The molecule has 0 saturated carbocycles. The van der Waals surface area contributed by atoms with Gasteiger partial charge in [-0.2, -0.15) is 0 Å². The number of hydrogen-bond donors (Lipinski definition) is 2. The Morgan fingerprint density at radius 3 is 2.71 bits per heavy atom. The van der Waals surface area contributed by atoms with Gasteiger partial charge < -0.3 is 15.1 Å². The molecule has 0 unspecified atom stereocenters. The van der Waals surface area contributed by atoms with E-state index in [2.05, 4.69) is 10.6 Å². The van der Waals surface area contributed by atoms with Crippen molar-refractivity contribution in [2.45, 2.75) is 0 Å². The molecule has 74 valence electrons. The lowest BCUT2D eigenvalue weighted by molar-refractivity contribution is 0.101. The quantitative estimate of drug-likeness (QED) is 0.569. The molecule has 2 rings (SSSR count). The molecule has 0 aliphatic carbocycles. The molecule has 2 heterocycles. The molecule has 2 N–H and O–H groups in total. The minimum atomic E-state index is -0.312. The summed E-state index contributed by atoms with van der Waals surface area (Å²) in [6.07, 6.45) is 1.44. The van der Waals surface area contributed by atoms with Crippen LogP contribution in [-0.2, 0) is 0 Å². The number of nitrogens with one attached hydrogen (secondary N) is 2. The van der Waals surface area contributed by atoms with Crippen LogP contribution in [0.1, 0.15) is 10.6 Å². The van der Waals surface area contributed by atoms with Crippen LogP contribution in [0, 0.1) is 0 Å². The molecule has 0 spiro atoms. The number of halogens is 1. The Morgan fingerprint density at radius 1 is 1.43 bits per heavy atom. The zero-order chi connectivity index (χ0) is 9.97. The Morgan fingerprint density at radius 2 is 2.14 bits per heavy atom. The predicted octanol–water partition coefficient (Wildman–Crippen LogP) is 1.06. The predicted molar refractivity (Wildman–Crippen MR) is 51.9 cm³/mol. The van der Waals surface area contributed by atoms with Crippen LogP contribution in [-0.4, -0.2) is 18.9 Å². The third-order valence-corrected chi connectivity index (χ3v) is 2.25. The fourth-order valence-corrected chi connectivity index (χ4v) is 1.45. The highest BCUT2D eigenvalue weighted by molar-refractivity contribution is 6.45. The van der Waals surface area contributed by atoms with E-state index in [1.807, 2.05) is 0 Å². The summed E-state index contributed by atoms with van der Waals surface area (Å²) in [6.45, 7) is 1.55. The van der Waals surface area contributed by atoms with E-state index < -0.39 is 0 Å². The average Bonchev–Trinajstić information content (AvgIpc) is 2.87. The molecule has 1 aliphatic rings. The first-order chi connectivity index (χ1) is 6.79. The first-order valence-electron chi connectivity index (χ1n) is 4.25. The summed E-state index contributed by atoms with van der Waals surface area (Å²) in [6, 6.07) is 3.23. The van der Waals surface area contributed by atoms with Crippen molar-refractivity contribution in [3.8, 4) is 0 Å². The van der Waals surface area contributed by atoms with Gasteiger partial charge in [-0.3, -0.25) is 4.79 Å². The van der Waals surface area contributed by atoms with E-state index in [-0.39, 0.29) is 16.6 Å². The molecule has 0 amide bonds. The second kappa shape index (κ2) is 3.75. The Hall–Kier alpha value is -1.42. The highest BCUT2D eigenvalue weighted by Crippen LogP contribution is 2.15. The number of carbonyl (C=O) groups is 1. The van der Waals surface area contributed by atoms with E-state index in [0.29, 0.717) is 5.82 Å². The van der Waals surface area contributed by atoms with Crippen molar-refractivity contribution in [3.05, 3.63) is 35.0 Å². The third-order valence-electron chi connectivity index (χ3n) is 1.89. The standard InChI is InChI=1S/C9H9ClN2O2/c10-7(9-11-3-4-12-9)8(13)6-2-1-5-14-6/h1-2,5,11-12H,3-4H2. The molecular weight excluding hydrogens is 204 g/mol. The topological polar surface area (TPSA) is 54.3 Å². The van der Waals surface area contributed by atoms with Gasteiger partial charge in [-0.1, -0.05) is 11.6 Å². The molecule has 0 radical (unpaired) electrons. The van der Waals surface area contributed by atoms with Gasteiger partial charge >= 0.3 is 0 Å². The van der Waals surface area contributed by atoms with Crippen LogP contribution in [0.4, 0.5) is 0 Å². The smallest absolute Gasteiger partial charge is 0.243 e. The van der Waals surface area contributed by atoms with Crippen LogP contribution in [0.25, 0.3) is 0 Å². The molecule has 0 bridgehead atoms. The lowest BCUT2D eigenvalue weighted by atomic mass is 10.3. The number of furan rings is 1. The third kappa shape index (κ3) is 1.61. The van der Waals surface area contributed by atoms with Crippen molar-refractivity contribution in [2.24, 2.45) is 0 Å². The second-order valence-corrected chi connectivity index (χ2v) is 3.23. The number of carbonyl (C=O) groups excluding carboxylic acids is 1. The molecule has 0 atom stereocenters. The van der Waals surface area contributed by atoms with E-state index >= 15 is 0 Å². The number of allylic oxidation sites excluding steroid dienone is 1. The number of Topliss-reactive ketones (excluding diaryl/α,β-unsaturated/α-hetero) is 1. The molecule has 1 saturated heterocycles. The molecule has 1 aliphatic heterocycles. The summed E-state index contributed by atoms with van der Waals surface area (Å²) in [5.41, 5.74) is 0. The number of hydrogen-bond acceptors (Lipinski definition) is 4. The van der Waals surface area contributed by atoms with Crippen molar-refractivity contribution in [3.63, 3.8) is 0 Å². The summed E-state index contributed by atoms with van der Waals surface area (Å²) in [5, 5.41) is 6.08. The highest BCUT2D eigenvalue weighted by atomic mass is 35.5. The number of ketones is 1. The monoisotopic (exact) mass is 212 g/mol. The Labute approximate surface area is 85.9 Å². The van der Waals surface area contributed by atoms with Gasteiger partial charge in [-0.25, -0.2) is 0 Å². The van der Waals surface area contributed by atoms with Crippen molar-refractivity contribution in [1.29, 1.82) is 0 Å². The molecular formula is C9H9ClN2O2. The molecule has 1 aromatic heterocycles. The van der Waals surface area contributed by atoms with E-state index in [1.165, 1.54) is 6.26 Å². The second-order valence-electron chi connectivity index (χ2n) is 2.85.